The maximum absolute atomic E-state index is 14.2. The summed E-state index contributed by atoms with van der Waals surface area (Å²) in [7, 11) is -4.12. The Labute approximate surface area is 244 Å². The number of ether oxygens (including phenoxy) is 1. The second kappa shape index (κ2) is 10.5. The second-order valence-corrected chi connectivity index (χ2v) is 13.5. The summed E-state index contributed by atoms with van der Waals surface area (Å²) in [6.07, 6.45) is 2.02. The zero-order chi connectivity index (χ0) is 28.1. The minimum atomic E-state index is -4.12. The second-order valence-electron chi connectivity index (χ2n) is 9.81. The van der Waals surface area contributed by atoms with Gasteiger partial charge in [0.15, 0.2) is 5.03 Å². The molecule has 0 bridgehead atoms. The smallest absolute Gasteiger partial charge is 0.302 e. The van der Waals surface area contributed by atoms with E-state index in [0.29, 0.717) is 28.6 Å². The summed E-state index contributed by atoms with van der Waals surface area (Å²) < 4.78 is 37.0. The van der Waals surface area contributed by atoms with Gasteiger partial charge in [0.2, 0.25) is 5.95 Å². The van der Waals surface area contributed by atoms with E-state index in [4.69, 9.17) is 27.9 Å². The molecular formula is C26H25BrCl2N4O5S. The fourth-order valence-electron chi connectivity index (χ4n) is 5.20. The van der Waals surface area contributed by atoms with Crippen molar-refractivity contribution in [1.29, 1.82) is 0 Å². The molecule has 206 valence electrons. The number of halogens is 3. The van der Waals surface area contributed by atoms with Gasteiger partial charge in [0.05, 0.1) is 18.4 Å². The van der Waals surface area contributed by atoms with Crippen LogP contribution in [0.5, 0.6) is 0 Å². The molecule has 39 heavy (non-hydrogen) atoms. The minimum absolute atomic E-state index is 0.0212. The van der Waals surface area contributed by atoms with E-state index >= 15 is 0 Å². The number of amides is 1. The molecule has 2 aromatic carbocycles. The Morgan fingerprint density at radius 2 is 1.85 bits per heavy atom. The van der Waals surface area contributed by atoms with Crippen LogP contribution in [-0.2, 0) is 36.3 Å². The summed E-state index contributed by atoms with van der Waals surface area (Å²) in [5.74, 6) is -0.696. The minimum Gasteiger partial charge on any atom is -0.461 e. The summed E-state index contributed by atoms with van der Waals surface area (Å²) >= 11 is 15.9. The van der Waals surface area contributed by atoms with Crippen molar-refractivity contribution in [3.63, 3.8) is 0 Å². The van der Waals surface area contributed by atoms with Crippen molar-refractivity contribution in [2.24, 2.45) is 0 Å². The molecule has 0 aliphatic carbocycles. The standard InChI is InChI=1S/C26H25BrCl2N4O5S/c1-16(34)38-22-4-3-9-31(15-22)39(36,37)23-14-30-25-32(21-11-19(28)10-20(29)12-21)24(35)26(2,33(23)25)13-17-5-7-18(27)8-6-17/h5-8,10-12,14,22H,3-4,9,13,15H2,1-2H3/t22?,26-/m1/s1. The van der Waals surface area contributed by atoms with Gasteiger partial charge >= 0.3 is 5.97 Å². The van der Waals surface area contributed by atoms with Crippen LogP contribution in [0.2, 0.25) is 10.0 Å². The Balaban J connectivity index is 1.63. The number of carbonyl (C=O) groups excluding carboxylic acids is 2. The summed E-state index contributed by atoms with van der Waals surface area (Å²) in [6, 6.07) is 12.2. The number of rotatable bonds is 6. The normalized spacial score (nSPS) is 21.7. The van der Waals surface area contributed by atoms with E-state index in [0.717, 1.165) is 10.0 Å². The van der Waals surface area contributed by atoms with E-state index in [1.807, 2.05) is 24.3 Å². The third-order valence-corrected chi connectivity index (χ3v) is 9.71. The van der Waals surface area contributed by atoms with E-state index in [1.54, 1.807) is 25.1 Å². The Morgan fingerprint density at radius 1 is 1.18 bits per heavy atom. The first-order valence-electron chi connectivity index (χ1n) is 12.2. The van der Waals surface area contributed by atoms with E-state index in [9.17, 15) is 18.0 Å². The van der Waals surface area contributed by atoms with Crippen molar-refractivity contribution < 1.29 is 22.7 Å². The van der Waals surface area contributed by atoms with Crippen molar-refractivity contribution in [2.45, 2.75) is 49.8 Å². The van der Waals surface area contributed by atoms with Crippen molar-refractivity contribution in [2.75, 3.05) is 18.0 Å². The van der Waals surface area contributed by atoms with Crippen LogP contribution in [0.25, 0.3) is 0 Å². The van der Waals surface area contributed by atoms with Gasteiger partial charge in [-0.25, -0.2) is 18.3 Å². The molecule has 0 saturated carbocycles. The Morgan fingerprint density at radius 3 is 2.49 bits per heavy atom. The van der Waals surface area contributed by atoms with Crippen LogP contribution in [0.3, 0.4) is 0 Å². The van der Waals surface area contributed by atoms with Gasteiger partial charge in [-0.3, -0.25) is 14.2 Å². The van der Waals surface area contributed by atoms with Crippen molar-refractivity contribution in [3.05, 3.63) is 68.7 Å². The summed E-state index contributed by atoms with van der Waals surface area (Å²) in [5.41, 5.74) is -0.140. The molecule has 1 saturated heterocycles. The Kier molecular flexibility index (Phi) is 7.58. The fourth-order valence-corrected chi connectivity index (χ4v) is 7.68. The molecule has 0 spiro atoms. The highest BCUT2D eigenvalue weighted by atomic mass is 79.9. The number of imidazole rings is 1. The van der Waals surface area contributed by atoms with Crippen LogP contribution in [-0.4, -0.2) is 53.3 Å². The number of aromatic nitrogens is 2. The molecule has 3 aromatic rings. The van der Waals surface area contributed by atoms with Crippen LogP contribution in [0.1, 0.15) is 32.3 Å². The van der Waals surface area contributed by atoms with Gasteiger partial charge in [0.25, 0.3) is 15.9 Å². The molecule has 2 aliphatic heterocycles. The van der Waals surface area contributed by atoms with E-state index in [2.05, 4.69) is 20.9 Å². The maximum atomic E-state index is 14.2. The van der Waals surface area contributed by atoms with Crippen LogP contribution in [0.4, 0.5) is 11.6 Å². The number of nitrogens with zero attached hydrogens (tertiary/aromatic N) is 4. The average Bonchev–Trinajstić information content (AvgIpc) is 3.38. The number of fused-ring (bicyclic) bond motifs is 1. The highest BCUT2D eigenvalue weighted by Gasteiger charge is 2.52. The number of benzene rings is 2. The lowest BCUT2D eigenvalue weighted by Crippen LogP contribution is -2.46. The topological polar surface area (TPSA) is 102 Å². The van der Waals surface area contributed by atoms with Crippen molar-refractivity contribution >= 4 is 72.7 Å². The molecule has 9 nitrogen and oxygen atoms in total. The lowest BCUT2D eigenvalue weighted by atomic mass is 9.92. The molecule has 0 N–H and O–H groups in total. The first kappa shape index (κ1) is 28.1. The van der Waals surface area contributed by atoms with Crippen molar-refractivity contribution in [1.82, 2.24) is 13.9 Å². The highest BCUT2D eigenvalue weighted by molar-refractivity contribution is 9.10. The first-order chi connectivity index (χ1) is 18.4. The van der Waals surface area contributed by atoms with Gasteiger partial charge in [-0.2, -0.15) is 4.31 Å². The molecule has 1 unspecified atom stereocenters. The number of hydrogen-bond donors (Lipinski definition) is 0. The van der Waals surface area contributed by atoms with E-state index in [-0.39, 0.29) is 36.4 Å². The van der Waals surface area contributed by atoms with Gasteiger partial charge in [0.1, 0.15) is 11.6 Å². The molecular weight excluding hydrogens is 631 g/mol. The molecule has 13 heteroatoms. The van der Waals surface area contributed by atoms with Crippen LogP contribution < -0.4 is 4.90 Å². The predicted octanol–water partition coefficient (Wildman–Crippen LogP) is 5.30. The van der Waals surface area contributed by atoms with Gasteiger partial charge in [-0.15, -0.1) is 0 Å². The fraction of sp³-hybridized carbons (Fsp3) is 0.346. The quantitative estimate of drug-likeness (QED) is 0.334. The summed E-state index contributed by atoms with van der Waals surface area (Å²) in [4.78, 5) is 31.5. The molecule has 3 heterocycles. The maximum Gasteiger partial charge on any atom is 0.302 e. The van der Waals surface area contributed by atoms with Gasteiger partial charge in [-0.1, -0.05) is 51.3 Å². The first-order valence-corrected chi connectivity index (χ1v) is 15.2. The average molecular weight is 656 g/mol. The van der Waals surface area contributed by atoms with E-state index in [1.165, 1.54) is 26.9 Å². The van der Waals surface area contributed by atoms with Crippen LogP contribution in [0, 0.1) is 0 Å². The van der Waals surface area contributed by atoms with Crippen LogP contribution in [0.15, 0.2) is 58.2 Å². The number of hydrogen-bond acceptors (Lipinski definition) is 6. The van der Waals surface area contributed by atoms with Crippen LogP contribution >= 0.6 is 39.1 Å². The molecule has 1 fully saturated rings. The lowest BCUT2D eigenvalue weighted by molar-refractivity contribution is -0.148. The number of carbonyl (C=O) groups is 2. The largest absolute Gasteiger partial charge is 0.461 e. The van der Waals surface area contributed by atoms with Gasteiger partial charge in [0, 0.05) is 34.4 Å². The van der Waals surface area contributed by atoms with Gasteiger partial charge < -0.3 is 4.74 Å². The third kappa shape index (κ3) is 5.22. The monoisotopic (exact) mass is 654 g/mol. The molecule has 2 aliphatic rings. The molecule has 2 atom stereocenters. The molecule has 1 aromatic heterocycles. The molecule has 5 rings (SSSR count). The zero-order valence-electron chi connectivity index (χ0n) is 21.1. The van der Waals surface area contributed by atoms with E-state index < -0.39 is 27.6 Å². The van der Waals surface area contributed by atoms with Gasteiger partial charge in [-0.05, 0) is 55.7 Å². The Bertz CT molecular complexity index is 1540. The number of anilines is 2. The number of esters is 1. The highest BCUT2D eigenvalue weighted by Crippen LogP contribution is 2.45. The summed E-state index contributed by atoms with van der Waals surface area (Å²) in [6.45, 7) is 3.28. The zero-order valence-corrected chi connectivity index (χ0v) is 25.0. The Hall–Kier alpha value is -2.44. The van der Waals surface area contributed by atoms with Crippen molar-refractivity contribution in [3.8, 4) is 0 Å². The number of sulfonamides is 1. The summed E-state index contributed by atoms with van der Waals surface area (Å²) in [5, 5.41) is 0.523. The predicted molar refractivity (Wildman–Crippen MR) is 151 cm³/mol. The SMILES string of the molecule is CC(=O)OC1CCCN(S(=O)(=O)c2cnc3n2[C@](C)(Cc2ccc(Br)cc2)C(=O)N3c2cc(Cl)cc(Cl)c2)C1. The lowest BCUT2D eigenvalue weighted by Gasteiger charge is -2.32. The number of piperidine rings is 1. The third-order valence-electron chi connectivity index (χ3n) is 6.91. The molecule has 1 amide bonds. The molecule has 0 radical (unpaired) electrons.